The van der Waals surface area contributed by atoms with E-state index in [-0.39, 0.29) is 0 Å². The Labute approximate surface area is 98.5 Å². The maximum atomic E-state index is 4.33. The van der Waals surface area contributed by atoms with Gasteiger partial charge in [0.15, 0.2) is 0 Å². The second kappa shape index (κ2) is 6.63. The first-order chi connectivity index (χ1) is 7.67. The normalized spacial score (nSPS) is 13.3. The van der Waals surface area contributed by atoms with Crippen molar-refractivity contribution in [3.05, 3.63) is 12.2 Å². The van der Waals surface area contributed by atoms with Crippen LogP contribution in [-0.4, -0.2) is 27.4 Å². The molecule has 1 heterocycles. The van der Waals surface area contributed by atoms with Gasteiger partial charge in [0.05, 0.1) is 0 Å². The quantitative estimate of drug-likeness (QED) is 0.769. The van der Waals surface area contributed by atoms with Crippen molar-refractivity contribution in [2.45, 2.75) is 53.1 Å². The van der Waals surface area contributed by atoms with Gasteiger partial charge in [-0.25, -0.2) is 4.98 Å². The Hall–Kier alpha value is -0.900. The van der Waals surface area contributed by atoms with Crippen molar-refractivity contribution in [3.63, 3.8) is 0 Å². The molecule has 92 valence electrons. The van der Waals surface area contributed by atoms with Gasteiger partial charge in [-0.2, -0.15) is 5.10 Å². The van der Waals surface area contributed by atoms with Crippen LogP contribution in [0.5, 0.6) is 0 Å². The number of nitrogens with zero attached hydrogens (tertiary/aromatic N) is 3. The Morgan fingerprint density at radius 3 is 2.69 bits per heavy atom. The van der Waals surface area contributed by atoms with Gasteiger partial charge in [0.2, 0.25) is 0 Å². The van der Waals surface area contributed by atoms with Crippen molar-refractivity contribution >= 4 is 0 Å². The summed E-state index contributed by atoms with van der Waals surface area (Å²) in [6, 6.07) is 0.513. The summed E-state index contributed by atoms with van der Waals surface area (Å²) in [6.07, 6.45) is 3.81. The van der Waals surface area contributed by atoms with E-state index in [0.29, 0.717) is 12.0 Å². The third-order valence-corrected chi connectivity index (χ3v) is 2.67. The molecule has 0 aromatic carbocycles. The van der Waals surface area contributed by atoms with Crippen LogP contribution in [0, 0.1) is 5.92 Å². The fraction of sp³-hybridized carbons (Fsp3) is 0.833. The van der Waals surface area contributed by atoms with Gasteiger partial charge in [-0.05, 0) is 25.8 Å². The van der Waals surface area contributed by atoms with E-state index < -0.39 is 0 Å². The minimum Gasteiger partial charge on any atom is -0.314 e. The molecule has 4 nitrogen and oxygen atoms in total. The summed E-state index contributed by atoms with van der Waals surface area (Å²) < 4.78 is 1.98. The van der Waals surface area contributed by atoms with E-state index in [1.54, 1.807) is 6.33 Å². The van der Waals surface area contributed by atoms with E-state index in [1.807, 2.05) is 4.68 Å². The lowest BCUT2D eigenvalue weighted by atomic mass is 10.0. The Balaban J connectivity index is 2.59. The molecule has 1 unspecified atom stereocenters. The molecule has 0 spiro atoms. The minimum atomic E-state index is 0.513. The van der Waals surface area contributed by atoms with Crippen molar-refractivity contribution in [1.29, 1.82) is 0 Å². The molecular weight excluding hydrogens is 200 g/mol. The van der Waals surface area contributed by atoms with E-state index in [4.69, 9.17) is 0 Å². The lowest BCUT2D eigenvalue weighted by Crippen LogP contribution is -2.33. The predicted molar refractivity (Wildman–Crippen MR) is 66.3 cm³/mol. The fourth-order valence-electron chi connectivity index (χ4n) is 2.03. The molecule has 1 N–H and O–H groups in total. The molecule has 4 heteroatoms. The topological polar surface area (TPSA) is 42.7 Å². The van der Waals surface area contributed by atoms with Crippen LogP contribution in [0.15, 0.2) is 6.33 Å². The van der Waals surface area contributed by atoms with Crippen LogP contribution in [0.2, 0.25) is 0 Å². The number of aromatic nitrogens is 3. The SMILES string of the molecule is CCNC(Cc1ncnn1CC)CC(C)C. The van der Waals surface area contributed by atoms with Crippen LogP contribution in [0.25, 0.3) is 0 Å². The van der Waals surface area contributed by atoms with Crippen LogP contribution >= 0.6 is 0 Å². The highest BCUT2D eigenvalue weighted by Crippen LogP contribution is 2.09. The van der Waals surface area contributed by atoms with E-state index >= 15 is 0 Å². The van der Waals surface area contributed by atoms with Gasteiger partial charge in [-0.1, -0.05) is 20.8 Å². The van der Waals surface area contributed by atoms with Gasteiger partial charge < -0.3 is 5.32 Å². The van der Waals surface area contributed by atoms with Crippen molar-refractivity contribution in [1.82, 2.24) is 20.1 Å². The molecule has 0 radical (unpaired) electrons. The van der Waals surface area contributed by atoms with E-state index in [1.165, 1.54) is 6.42 Å². The zero-order valence-corrected chi connectivity index (χ0v) is 10.9. The highest BCUT2D eigenvalue weighted by Gasteiger charge is 2.13. The van der Waals surface area contributed by atoms with E-state index in [0.717, 1.165) is 25.3 Å². The van der Waals surface area contributed by atoms with Gasteiger partial charge in [-0.3, -0.25) is 4.68 Å². The highest BCUT2D eigenvalue weighted by atomic mass is 15.3. The zero-order chi connectivity index (χ0) is 12.0. The largest absolute Gasteiger partial charge is 0.314 e. The van der Waals surface area contributed by atoms with Crippen molar-refractivity contribution < 1.29 is 0 Å². The standard InChI is InChI=1S/C12H24N4/c1-5-13-11(7-10(3)4)8-12-14-9-15-16(12)6-2/h9-11,13H,5-8H2,1-4H3. The Bertz CT molecular complexity index is 293. The average Bonchev–Trinajstić information content (AvgIpc) is 2.64. The van der Waals surface area contributed by atoms with E-state index in [2.05, 4.69) is 43.1 Å². The van der Waals surface area contributed by atoms with Crippen molar-refractivity contribution in [2.24, 2.45) is 5.92 Å². The first-order valence-electron chi connectivity index (χ1n) is 6.27. The number of likely N-dealkylation sites (N-methyl/N-ethyl adjacent to an activating group) is 1. The molecule has 1 aromatic rings. The molecule has 0 amide bonds. The average molecular weight is 224 g/mol. The molecular formula is C12H24N4. The summed E-state index contributed by atoms with van der Waals surface area (Å²) in [5.41, 5.74) is 0. The monoisotopic (exact) mass is 224 g/mol. The third kappa shape index (κ3) is 3.93. The Kier molecular flexibility index (Phi) is 5.46. The van der Waals surface area contributed by atoms with Crippen LogP contribution in [0.3, 0.4) is 0 Å². The van der Waals surface area contributed by atoms with E-state index in [9.17, 15) is 0 Å². The Morgan fingerprint density at radius 1 is 1.38 bits per heavy atom. The predicted octanol–water partition coefficient (Wildman–Crippen LogP) is 1.86. The number of rotatable bonds is 7. The maximum absolute atomic E-state index is 4.33. The molecule has 16 heavy (non-hydrogen) atoms. The fourth-order valence-corrected chi connectivity index (χ4v) is 2.03. The summed E-state index contributed by atoms with van der Waals surface area (Å²) in [4.78, 5) is 4.33. The molecule has 0 saturated carbocycles. The van der Waals surface area contributed by atoms with Crippen molar-refractivity contribution in [2.75, 3.05) is 6.54 Å². The minimum absolute atomic E-state index is 0.513. The van der Waals surface area contributed by atoms with Crippen molar-refractivity contribution in [3.8, 4) is 0 Å². The van der Waals surface area contributed by atoms with Crippen LogP contribution < -0.4 is 5.32 Å². The van der Waals surface area contributed by atoms with Gasteiger partial charge in [0.25, 0.3) is 0 Å². The molecule has 1 rings (SSSR count). The van der Waals surface area contributed by atoms with Crippen LogP contribution in [0.4, 0.5) is 0 Å². The molecule has 1 aromatic heterocycles. The number of nitrogens with one attached hydrogen (secondary N) is 1. The molecule has 0 aliphatic carbocycles. The van der Waals surface area contributed by atoms with Crippen LogP contribution in [0.1, 0.15) is 39.9 Å². The van der Waals surface area contributed by atoms with Gasteiger partial charge in [0, 0.05) is 19.0 Å². The summed E-state index contributed by atoms with van der Waals surface area (Å²) in [6.45, 7) is 10.7. The second-order valence-electron chi connectivity index (χ2n) is 4.58. The molecule has 0 saturated heterocycles. The first-order valence-corrected chi connectivity index (χ1v) is 6.27. The zero-order valence-electron chi connectivity index (χ0n) is 10.9. The van der Waals surface area contributed by atoms with Crippen LogP contribution in [-0.2, 0) is 13.0 Å². The summed E-state index contributed by atoms with van der Waals surface area (Å²) in [7, 11) is 0. The smallest absolute Gasteiger partial charge is 0.138 e. The molecule has 1 atom stereocenters. The number of hydrogen-bond donors (Lipinski definition) is 1. The van der Waals surface area contributed by atoms with Gasteiger partial charge >= 0.3 is 0 Å². The van der Waals surface area contributed by atoms with Gasteiger partial charge in [0.1, 0.15) is 12.2 Å². The second-order valence-corrected chi connectivity index (χ2v) is 4.58. The highest BCUT2D eigenvalue weighted by molar-refractivity contribution is 4.90. The molecule has 0 bridgehead atoms. The molecule has 0 fully saturated rings. The van der Waals surface area contributed by atoms with Gasteiger partial charge in [-0.15, -0.1) is 0 Å². The Morgan fingerprint density at radius 2 is 2.12 bits per heavy atom. The first kappa shape index (κ1) is 13.2. The molecule has 0 aliphatic rings. The summed E-state index contributed by atoms with van der Waals surface area (Å²) in [5, 5.41) is 7.73. The molecule has 0 aliphatic heterocycles. The maximum Gasteiger partial charge on any atom is 0.138 e. The third-order valence-electron chi connectivity index (χ3n) is 2.67. The number of aryl methyl sites for hydroxylation is 1. The summed E-state index contributed by atoms with van der Waals surface area (Å²) in [5.74, 6) is 1.80. The summed E-state index contributed by atoms with van der Waals surface area (Å²) >= 11 is 0. The lowest BCUT2D eigenvalue weighted by molar-refractivity contribution is 0.410. The number of hydrogen-bond acceptors (Lipinski definition) is 3. The lowest BCUT2D eigenvalue weighted by Gasteiger charge is -2.19.